The monoisotopic (exact) mass is 433 g/mol. The molecule has 8 heteroatoms. The highest BCUT2D eigenvalue weighted by Gasteiger charge is 2.31. The second kappa shape index (κ2) is 9.71. The molecular weight excluding hydrogens is 410 g/mol. The summed E-state index contributed by atoms with van der Waals surface area (Å²) < 4.78 is 15.5. The van der Waals surface area contributed by atoms with Gasteiger partial charge >= 0.3 is 5.97 Å². The minimum Gasteiger partial charge on any atom is -0.497 e. The SMILES string of the molecule is COc1ccc(OC)c(/C=C/C(=O)OCC(=O)C(C#N)=C2N(C)c3ccccc3N2C)c1. The van der Waals surface area contributed by atoms with E-state index < -0.39 is 18.4 Å². The van der Waals surface area contributed by atoms with Crippen molar-refractivity contribution in [2.75, 3.05) is 44.7 Å². The fourth-order valence-electron chi connectivity index (χ4n) is 3.44. The second-order valence-corrected chi connectivity index (χ2v) is 6.89. The van der Waals surface area contributed by atoms with Gasteiger partial charge in [0.1, 0.15) is 29.0 Å². The Hall–Kier alpha value is -4.25. The number of methoxy groups -OCH3 is 2. The summed E-state index contributed by atoms with van der Waals surface area (Å²) in [5, 5.41) is 9.63. The van der Waals surface area contributed by atoms with Gasteiger partial charge < -0.3 is 24.0 Å². The van der Waals surface area contributed by atoms with Crippen LogP contribution >= 0.6 is 0 Å². The minimum absolute atomic E-state index is 0.0857. The number of rotatable bonds is 7. The molecule has 8 nitrogen and oxygen atoms in total. The summed E-state index contributed by atoms with van der Waals surface area (Å²) in [6.07, 6.45) is 2.69. The predicted octanol–water partition coefficient (Wildman–Crippen LogP) is 3.15. The quantitative estimate of drug-likeness (QED) is 0.374. The summed E-state index contributed by atoms with van der Waals surface area (Å²) >= 11 is 0. The molecule has 0 aromatic heterocycles. The number of ether oxygens (including phenoxy) is 3. The fourth-order valence-corrected chi connectivity index (χ4v) is 3.44. The number of benzene rings is 2. The molecule has 0 spiro atoms. The van der Waals surface area contributed by atoms with Crippen molar-refractivity contribution in [3.8, 4) is 17.6 Å². The number of ketones is 1. The first-order valence-electron chi connectivity index (χ1n) is 9.72. The second-order valence-electron chi connectivity index (χ2n) is 6.89. The van der Waals surface area contributed by atoms with Gasteiger partial charge in [-0.05, 0) is 36.4 Å². The standard InChI is InChI=1S/C24H23N3O5/c1-26-19-7-5-6-8-20(19)27(2)24(26)18(14-25)21(28)15-32-23(29)12-9-16-13-17(30-3)10-11-22(16)31-4/h5-13H,15H2,1-4H3/b12-9+. The van der Waals surface area contributed by atoms with E-state index in [4.69, 9.17) is 14.2 Å². The Morgan fingerprint density at radius 3 is 2.25 bits per heavy atom. The van der Waals surface area contributed by atoms with E-state index in [0.717, 1.165) is 11.4 Å². The van der Waals surface area contributed by atoms with E-state index in [-0.39, 0.29) is 5.57 Å². The van der Waals surface area contributed by atoms with Crippen molar-refractivity contribution in [1.82, 2.24) is 0 Å². The van der Waals surface area contributed by atoms with Crippen LogP contribution in [-0.2, 0) is 14.3 Å². The zero-order valence-corrected chi connectivity index (χ0v) is 18.3. The van der Waals surface area contributed by atoms with Crippen LogP contribution in [0.25, 0.3) is 6.08 Å². The molecule has 0 saturated heterocycles. The van der Waals surface area contributed by atoms with Crippen LogP contribution < -0.4 is 19.3 Å². The number of fused-ring (bicyclic) bond motifs is 1. The molecule has 0 fully saturated rings. The highest BCUT2D eigenvalue weighted by Crippen LogP contribution is 2.40. The van der Waals surface area contributed by atoms with Crippen molar-refractivity contribution < 1.29 is 23.8 Å². The summed E-state index contributed by atoms with van der Waals surface area (Å²) in [7, 11) is 6.60. The van der Waals surface area contributed by atoms with Gasteiger partial charge in [-0.15, -0.1) is 0 Å². The zero-order valence-electron chi connectivity index (χ0n) is 18.3. The molecular formula is C24H23N3O5. The first-order chi connectivity index (χ1) is 15.4. The van der Waals surface area contributed by atoms with E-state index in [1.165, 1.54) is 26.4 Å². The lowest BCUT2D eigenvalue weighted by atomic mass is 10.1. The molecule has 32 heavy (non-hydrogen) atoms. The van der Waals surface area contributed by atoms with Gasteiger partial charge in [0.15, 0.2) is 6.61 Å². The molecule has 3 rings (SSSR count). The van der Waals surface area contributed by atoms with Gasteiger partial charge in [-0.25, -0.2) is 4.79 Å². The van der Waals surface area contributed by atoms with Gasteiger partial charge in [0.05, 0.1) is 25.6 Å². The van der Waals surface area contributed by atoms with E-state index in [1.54, 1.807) is 42.1 Å². The highest BCUT2D eigenvalue weighted by atomic mass is 16.5. The number of carbonyl (C=O) groups is 2. The summed E-state index contributed by atoms with van der Waals surface area (Å²) in [5.41, 5.74) is 2.27. The van der Waals surface area contributed by atoms with E-state index in [1.807, 2.05) is 30.3 Å². The Balaban J connectivity index is 1.71. The Kier molecular flexibility index (Phi) is 6.80. The van der Waals surface area contributed by atoms with Crippen LogP contribution in [0.5, 0.6) is 11.5 Å². The van der Waals surface area contributed by atoms with Crippen molar-refractivity contribution in [3.63, 3.8) is 0 Å². The summed E-state index contributed by atoms with van der Waals surface area (Å²) in [6.45, 7) is -0.553. The number of hydrogen-bond acceptors (Lipinski definition) is 8. The predicted molar refractivity (Wildman–Crippen MR) is 120 cm³/mol. The number of nitrogens with zero attached hydrogens (tertiary/aromatic N) is 3. The average Bonchev–Trinajstić information content (AvgIpc) is 3.07. The molecule has 0 amide bonds. The van der Waals surface area contributed by atoms with Crippen molar-refractivity contribution >= 4 is 29.2 Å². The molecule has 0 bridgehead atoms. The van der Waals surface area contributed by atoms with Crippen LogP contribution in [0.1, 0.15) is 5.56 Å². The number of esters is 1. The van der Waals surface area contributed by atoms with Gasteiger partial charge in [0, 0.05) is 25.7 Å². The first-order valence-corrected chi connectivity index (χ1v) is 9.72. The number of carbonyl (C=O) groups excluding carboxylic acids is 2. The normalized spacial score (nSPS) is 12.4. The maximum Gasteiger partial charge on any atom is 0.331 e. The smallest absolute Gasteiger partial charge is 0.331 e. The molecule has 0 atom stereocenters. The maximum atomic E-state index is 12.7. The third-order valence-electron chi connectivity index (χ3n) is 5.04. The Morgan fingerprint density at radius 2 is 1.69 bits per heavy atom. The van der Waals surface area contributed by atoms with Gasteiger partial charge in [-0.1, -0.05) is 12.1 Å². The maximum absolute atomic E-state index is 12.7. The van der Waals surface area contributed by atoms with Crippen molar-refractivity contribution in [2.45, 2.75) is 0 Å². The minimum atomic E-state index is -0.720. The largest absolute Gasteiger partial charge is 0.497 e. The zero-order chi connectivity index (χ0) is 23.3. The molecule has 0 unspecified atom stereocenters. The van der Waals surface area contributed by atoms with E-state index in [2.05, 4.69) is 0 Å². The average molecular weight is 433 g/mol. The number of anilines is 2. The van der Waals surface area contributed by atoms with E-state index in [0.29, 0.717) is 22.9 Å². The molecule has 1 aliphatic rings. The van der Waals surface area contributed by atoms with Crippen LogP contribution in [0.3, 0.4) is 0 Å². The van der Waals surface area contributed by atoms with Crippen LogP contribution in [-0.4, -0.2) is 46.7 Å². The first kappa shape index (κ1) is 22.4. The molecule has 1 heterocycles. The Morgan fingerprint density at radius 1 is 1.03 bits per heavy atom. The number of para-hydroxylation sites is 2. The summed E-state index contributed by atoms with van der Waals surface area (Å²) in [6, 6.07) is 14.7. The molecule has 0 N–H and O–H groups in total. The summed E-state index contributed by atoms with van der Waals surface area (Å²) in [5.74, 6) is 0.280. The number of hydrogen-bond donors (Lipinski definition) is 0. The van der Waals surface area contributed by atoms with Crippen molar-refractivity contribution in [1.29, 1.82) is 5.26 Å². The van der Waals surface area contributed by atoms with Crippen LogP contribution in [0, 0.1) is 11.3 Å². The lowest BCUT2D eigenvalue weighted by molar-refractivity contribution is -0.141. The third kappa shape index (κ3) is 4.42. The van der Waals surface area contributed by atoms with Gasteiger partial charge in [-0.2, -0.15) is 5.26 Å². The summed E-state index contributed by atoms with van der Waals surface area (Å²) in [4.78, 5) is 28.4. The van der Waals surface area contributed by atoms with E-state index in [9.17, 15) is 14.9 Å². The molecule has 164 valence electrons. The lowest BCUT2D eigenvalue weighted by Crippen LogP contribution is -2.27. The Labute approximate surface area is 186 Å². The molecule has 0 aliphatic carbocycles. The molecule has 1 aliphatic heterocycles. The van der Waals surface area contributed by atoms with Gasteiger partial charge in [-0.3, -0.25) is 4.79 Å². The van der Waals surface area contributed by atoms with Crippen molar-refractivity contribution in [3.05, 3.63) is 65.5 Å². The van der Waals surface area contributed by atoms with Crippen LogP contribution in [0.2, 0.25) is 0 Å². The van der Waals surface area contributed by atoms with E-state index >= 15 is 0 Å². The van der Waals surface area contributed by atoms with Crippen molar-refractivity contribution in [2.24, 2.45) is 0 Å². The molecule has 2 aromatic rings. The Bertz CT molecular complexity index is 1120. The third-order valence-corrected chi connectivity index (χ3v) is 5.04. The lowest BCUT2D eigenvalue weighted by Gasteiger charge is -2.19. The van der Waals surface area contributed by atoms with Gasteiger partial charge in [0.25, 0.3) is 0 Å². The molecule has 0 radical (unpaired) electrons. The number of Topliss-reactive ketones (excluding diaryl/α,β-unsaturated/α-hetero) is 1. The number of nitriles is 1. The fraction of sp³-hybridized carbons (Fsp3) is 0.208. The van der Waals surface area contributed by atoms with Crippen LogP contribution in [0.15, 0.2) is 59.9 Å². The highest BCUT2D eigenvalue weighted by molar-refractivity contribution is 6.04. The van der Waals surface area contributed by atoms with Gasteiger partial charge in [0.2, 0.25) is 5.78 Å². The topological polar surface area (TPSA) is 92.1 Å². The van der Waals surface area contributed by atoms with Crippen LogP contribution in [0.4, 0.5) is 11.4 Å². The molecule has 0 saturated carbocycles. The molecule has 2 aromatic carbocycles.